The summed E-state index contributed by atoms with van der Waals surface area (Å²) in [5.41, 5.74) is 3.56. The maximum atomic E-state index is 12.5. The number of hydrogen-bond donors (Lipinski definition) is 0. The molecule has 24 heavy (non-hydrogen) atoms. The number of benzene rings is 2. The largest absolute Gasteiger partial charge is 0.277 e. The highest BCUT2D eigenvalue weighted by Crippen LogP contribution is 2.24. The van der Waals surface area contributed by atoms with Crippen molar-refractivity contribution in [2.45, 2.75) is 13.5 Å². The van der Waals surface area contributed by atoms with Crippen molar-refractivity contribution in [3.8, 4) is 10.6 Å². The lowest BCUT2D eigenvalue weighted by atomic mass is 10.2. The first-order valence-electron chi connectivity index (χ1n) is 7.55. The van der Waals surface area contributed by atoms with E-state index in [9.17, 15) is 4.79 Å². The summed E-state index contributed by atoms with van der Waals surface area (Å²) < 4.78 is 1.36. The molecule has 0 aliphatic heterocycles. The Labute approximate surface area is 142 Å². The molecule has 5 nitrogen and oxygen atoms in total. The fourth-order valence-electron chi connectivity index (χ4n) is 2.49. The van der Waals surface area contributed by atoms with Crippen molar-refractivity contribution >= 4 is 22.2 Å². The minimum absolute atomic E-state index is 0.148. The molecule has 0 amide bonds. The van der Waals surface area contributed by atoms with E-state index in [-0.39, 0.29) is 5.56 Å². The standard InChI is InChI=1S/C18H14N4OS/c1-12-6-8-13(9-7-12)17-19-14(11-24-17)10-22-18(23)15-4-2-3-5-16(15)20-21-22/h2-9,11H,10H2,1H3. The molecule has 4 aromatic rings. The summed E-state index contributed by atoms with van der Waals surface area (Å²) >= 11 is 1.56. The molecule has 0 fully saturated rings. The molecular weight excluding hydrogens is 320 g/mol. The maximum Gasteiger partial charge on any atom is 0.277 e. The summed E-state index contributed by atoms with van der Waals surface area (Å²) in [6.45, 7) is 2.38. The molecule has 0 bridgehead atoms. The van der Waals surface area contributed by atoms with Crippen LogP contribution in [0.25, 0.3) is 21.5 Å². The zero-order valence-corrected chi connectivity index (χ0v) is 13.8. The lowest BCUT2D eigenvalue weighted by molar-refractivity contribution is 0.594. The Kier molecular flexibility index (Phi) is 3.66. The summed E-state index contributed by atoms with van der Waals surface area (Å²) in [4.78, 5) is 17.1. The van der Waals surface area contributed by atoms with Crippen LogP contribution in [0.15, 0.2) is 58.7 Å². The molecule has 6 heteroatoms. The van der Waals surface area contributed by atoms with Crippen LogP contribution in [0.3, 0.4) is 0 Å². The van der Waals surface area contributed by atoms with Crippen LogP contribution < -0.4 is 5.56 Å². The van der Waals surface area contributed by atoms with E-state index >= 15 is 0 Å². The second-order valence-corrected chi connectivity index (χ2v) is 6.44. The smallest absolute Gasteiger partial charge is 0.267 e. The minimum atomic E-state index is -0.148. The maximum absolute atomic E-state index is 12.5. The molecule has 4 rings (SSSR count). The molecule has 2 aromatic carbocycles. The van der Waals surface area contributed by atoms with Gasteiger partial charge in [-0.25, -0.2) is 9.67 Å². The fraction of sp³-hybridized carbons (Fsp3) is 0.111. The van der Waals surface area contributed by atoms with Gasteiger partial charge in [-0.2, -0.15) is 0 Å². The van der Waals surface area contributed by atoms with Gasteiger partial charge in [0.2, 0.25) is 0 Å². The summed E-state index contributed by atoms with van der Waals surface area (Å²) in [7, 11) is 0. The minimum Gasteiger partial charge on any atom is -0.267 e. The molecular formula is C18H14N4OS. The highest BCUT2D eigenvalue weighted by atomic mass is 32.1. The third kappa shape index (κ3) is 2.72. The van der Waals surface area contributed by atoms with Crippen molar-refractivity contribution in [3.05, 3.63) is 75.5 Å². The van der Waals surface area contributed by atoms with Crippen LogP contribution in [0.1, 0.15) is 11.3 Å². The molecule has 0 unspecified atom stereocenters. The predicted octanol–water partition coefficient (Wildman–Crippen LogP) is 3.27. The van der Waals surface area contributed by atoms with Gasteiger partial charge in [0.05, 0.1) is 17.6 Å². The van der Waals surface area contributed by atoms with Crippen molar-refractivity contribution in [2.75, 3.05) is 0 Å². The first-order valence-corrected chi connectivity index (χ1v) is 8.43. The highest BCUT2D eigenvalue weighted by molar-refractivity contribution is 7.13. The van der Waals surface area contributed by atoms with Gasteiger partial charge in [-0.15, -0.1) is 16.4 Å². The zero-order valence-electron chi connectivity index (χ0n) is 13.0. The first-order chi connectivity index (χ1) is 11.7. The van der Waals surface area contributed by atoms with Gasteiger partial charge < -0.3 is 0 Å². The lowest BCUT2D eigenvalue weighted by Gasteiger charge is -2.02. The summed E-state index contributed by atoms with van der Waals surface area (Å²) in [6, 6.07) is 15.5. The highest BCUT2D eigenvalue weighted by Gasteiger charge is 2.09. The van der Waals surface area contributed by atoms with Crippen molar-refractivity contribution in [3.63, 3.8) is 0 Å². The van der Waals surface area contributed by atoms with Crippen LogP contribution in [0, 0.1) is 6.92 Å². The number of aryl methyl sites for hydroxylation is 1. The van der Waals surface area contributed by atoms with Gasteiger partial charge in [0, 0.05) is 10.9 Å². The zero-order chi connectivity index (χ0) is 16.5. The summed E-state index contributed by atoms with van der Waals surface area (Å²) in [5.74, 6) is 0. The first kappa shape index (κ1) is 14.7. The number of nitrogens with zero attached hydrogens (tertiary/aromatic N) is 4. The quantitative estimate of drug-likeness (QED) is 0.577. The third-order valence-corrected chi connectivity index (χ3v) is 4.73. The topological polar surface area (TPSA) is 60.7 Å². The van der Waals surface area contributed by atoms with Gasteiger partial charge in [-0.05, 0) is 19.1 Å². The van der Waals surface area contributed by atoms with Crippen molar-refractivity contribution < 1.29 is 0 Å². The second kappa shape index (κ2) is 5.98. The fourth-order valence-corrected chi connectivity index (χ4v) is 3.31. The van der Waals surface area contributed by atoms with Gasteiger partial charge in [0.15, 0.2) is 0 Å². The monoisotopic (exact) mass is 334 g/mol. The van der Waals surface area contributed by atoms with Crippen LogP contribution in [0.2, 0.25) is 0 Å². The van der Waals surface area contributed by atoms with E-state index < -0.39 is 0 Å². The summed E-state index contributed by atoms with van der Waals surface area (Å²) in [5, 5.41) is 11.6. The molecule has 2 heterocycles. The van der Waals surface area contributed by atoms with Crippen LogP contribution in [0.4, 0.5) is 0 Å². The average molecular weight is 334 g/mol. The van der Waals surface area contributed by atoms with Gasteiger partial charge in [0.25, 0.3) is 5.56 Å². The van der Waals surface area contributed by atoms with Gasteiger partial charge >= 0.3 is 0 Å². The summed E-state index contributed by atoms with van der Waals surface area (Å²) in [6.07, 6.45) is 0. The predicted molar refractivity (Wildman–Crippen MR) is 95.2 cm³/mol. The van der Waals surface area contributed by atoms with Gasteiger partial charge in [-0.1, -0.05) is 47.2 Å². The van der Waals surface area contributed by atoms with E-state index in [1.165, 1.54) is 10.2 Å². The number of thiazole rings is 1. The van der Waals surface area contributed by atoms with Crippen molar-refractivity contribution in [1.29, 1.82) is 0 Å². The van der Waals surface area contributed by atoms with E-state index in [0.29, 0.717) is 17.4 Å². The Morgan fingerprint density at radius 3 is 2.71 bits per heavy atom. The SMILES string of the molecule is Cc1ccc(-c2nc(Cn3nnc4ccccc4c3=O)cs2)cc1. The van der Waals surface area contributed by atoms with E-state index in [4.69, 9.17) is 0 Å². The molecule has 0 spiro atoms. The number of fused-ring (bicyclic) bond motifs is 1. The molecule has 0 radical (unpaired) electrons. The number of hydrogen-bond acceptors (Lipinski definition) is 5. The van der Waals surface area contributed by atoms with Crippen LogP contribution in [-0.2, 0) is 6.54 Å². The van der Waals surface area contributed by atoms with Crippen LogP contribution in [-0.4, -0.2) is 20.0 Å². The molecule has 0 saturated carbocycles. The molecule has 0 atom stereocenters. The van der Waals surface area contributed by atoms with E-state index in [1.54, 1.807) is 23.5 Å². The Morgan fingerprint density at radius 1 is 1.08 bits per heavy atom. The van der Waals surface area contributed by atoms with Crippen molar-refractivity contribution in [1.82, 2.24) is 20.0 Å². The van der Waals surface area contributed by atoms with Gasteiger partial charge in [0.1, 0.15) is 10.5 Å². The molecule has 0 aliphatic carbocycles. The third-order valence-electron chi connectivity index (χ3n) is 3.79. The second-order valence-electron chi connectivity index (χ2n) is 5.58. The lowest BCUT2D eigenvalue weighted by Crippen LogP contribution is -2.24. The van der Waals surface area contributed by atoms with E-state index in [1.807, 2.05) is 17.5 Å². The molecule has 0 aliphatic rings. The van der Waals surface area contributed by atoms with Crippen LogP contribution >= 0.6 is 11.3 Å². The van der Waals surface area contributed by atoms with E-state index in [2.05, 4.69) is 46.5 Å². The number of aromatic nitrogens is 4. The Morgan fingerprint density at radius 2 is 1.88 bits per heavy atom. The molecule has 2 aromatic heterocycles. The van der Waals surface area contributed by atoms with Gasteiger partial charge in [-0.3, -0.25) is 4.79 Å². The Bertz CT molecular complexity index is 1070. The Hall–Kier alpha value is -2.86. The molecule has 118 valence electrons. The molecule has 0 N–H and O–H groups in total. The van der Waals surface area contributed by atoms with E-state index in [0.717, 1.165) is 16.3 Å². The Balaban J connectivity index is 1.66. The molecule has 0 saturated heterocycles. The van der Waals surface area contributed by atoms with Crippen molar-refractivity contribution in [2.24, 2.45) is 0 Å². The average Bonchev–Trinajstić information content (AvgIpc) is 3.07. The number of rotatable bonds is 3. The van der Waals surface area contributed by atoms with Crippen LogP contribution in [0.5, 0.6) is 0 Å². The normalized spacial score (nSPS) is 11.0.